The number of furan rings is 1. The van der Waals surface area contributed by atoms with E-state index in [1.165, 1.54) is 48.7 Å². The first-order chi connectivity index (χ1) is 21.1. The molecule has 5 rings (SSSR count). The summed E-state index contributed by atoms with van der Waals surface area (Å²) < 4.78 is 33.2. The van der Waals surface area contributed by atoms with Crippen LogP contribution in [0.1, 0.15) is 20.9 Å². The van der Waals surface area contributed by atoms with Gasteiger partial charge in [0.2, 0.25) is 5.91 Å². The van der Waals surface area contributed by atoms with Crippen LogP contribution >= 0.6 is 23.2 Å². The number of rotatable bonds is 9. The molecular weight excluding hydrogens is 631 g/mol. The van der Waals surface area contributed by atoms with E-state index in [1.54, 1.807) is 52.3 Å². The minimum atomic E-state index is -4.29. The molecule has 14 heteroatoms. The van der Waals surface area contributed by atoms with Gasteiger partial charge in [0.05, 0.1) is 28.4 Å². The predicted octanol–water partition coefficient (Wildman–Crippen LogP) is 4.49. The second-order valence-electron chi connectivity index (χ2n) is 9.59. The third-order valence-electron chi connectivity index (χ3n) is 6.73. The molecular formula is C30H26Cl2N4O7S. The molecule has 0 radical (unpaired) electrons. The standard InChI is InChI=1S/C30H26Cl2N4O7S/c31-22-10-13-26(25(32)19-22)43-36(23-5-2-1-3-6-23)44(40,41)24-11-8-21(9-12-24)29(38)33-20-28(37)34-14-16-35(17-15-34)30(39)27-7-4-18-42-27/h1-13,18-19H,14-17,20H2,(H,33,38). The number of para-hydroxylation sites is 1. The SMILES string of the molecule is O=C(NCC(=O)N1CCN(C(=O)c2ccco2)CC1)c1ccc(S(=O)(=O)N(Oc2ccc(Cl)cc2Cl)c2ccccc2)cc1. The molecule has 1 aliphatic rings. The second-order valence-corrected chi connectivity index (χ2v) is 12.2. The lowest BCUT2D eigenvalue weighted by atomic mass is 10.2. The van der Waals surface area contributed by atoms with Crippen molar-refractivity contribution in [3.8, 4) is 5.75 Å². The van der Waals surface area contributed by atoms with Crippen molar-refractivity contribution in [2.24, 2.45) is 0 Å². The molecule has 1 N–H and O–H groups in total. The number of carbonyl (C=O) groups excluding carboxylic acids is 3. The lowest BCUT2D eigenvalue weighted by molar-refractivity contribution is -0.131. The molecule has 0 atom stereocenters. The van der Waals surface area contributed by atoms with E-state index in [0.29, 0.717) is 31.2 Å². The van der Waals surface area contributed by atoms with Crippen LogP contribution in [0.4, 0.5) is 5.69 Å². The molecule has 1 aliphatic heterocycles. The molecule has 1 aromatic heterocycles. The maximum atomic E-state index is 13.7. The zero-order valence-electron chi connectivity index (χ0n) is 23.1. The van der Waals surface area contributed by atoms with E-state index in [1.807, 2.05) is 0 Å². The lowest BCUT2D eigenvalue weighted by Crippen LogP contribution is -2.52. The molecule has 2 heterocycles. The number of benzene rings is 3. The number of halogens is 2. The Morgan fingerprint density at radius 1 is 0.864 bits per heavy atom. The summed E-state index contributed by atoms with van der Waals surface area (Å²) in [6.07, 6.45) is 1.43. The van der Waals surface area contributed by atoms with Crippen LogP contribution < -0.4 is 14.6 Å². The fourth-order valence-electron chi connectivity index (χ4n) is 4.39. The molecule has 0 unspecified atom stereocenters. The van der Waals surface area contributed by atoms with E-state index in [2.05, 4.69) is 5.32 Å². The Morgan fingerprint density at radius 3 is 2.18 bits per heavy atom. The third-order valence-corrected chi connectivity index (χ3v) is 8.85. The number of hydrogen-bond donors (Lipinski definition) is 1. The van der Waals surface area contributed by atoms with Gasteiger partial charge in [-0.1, -0.05) is 45.9 Å². The molecule has 4 aromatic rings. The van der Waals surface area contributed by atoms with Crippen LogP contribution in [-0.2, 0) is 14.8 Å². The van der Waals surface area contributed by atoms with Crippen molar-refractivity contribution in [3.05, 3.63) is 113 Å². The van der Waals surface area contributed by atoms with E-state index in [-0.39, 0.29) is 51.0 Å². The van der Waals surface area contributed by atoms with Crippen molar-refractivity contribution in [2.75, 3.05) is 37.2 Å². The van der Waals surface area contributed by atoms with Gasteiger partial charge in [-0.3, -0.25) is 14.4 Å². The summed E-state index contributed by atoms with van der Waals surface area (Å²) in [5.41, 5.74) is 0.364. The summed E-state index contributed by atoms with van der Waals surface area (Å²) in [5, 5.41) is 3.03. The van der Waals surface area contributed by atoms with Crippen molar-refractivity contribution in [2.45, 2.75) is 4.90 Å². The fourth-order valence-corrected chi connectivity index (χ4v) is 6.08. The molecule has 44 heavy (non-hydrogen) atoms. The number of nitrogens with zero attached hydrogens (tertiary/aromatic N) is 3. The smallest absolute Gasteiger partial charge is 0.295 e. The topological polar surface area (TPSA) is 129 Å². The number of anilines is 1. The highest BCUT2D eigenvalue weighted by Crippen LogP contribution is 2.32. The van der Waals surface area contributed by atoms with Crippen molar-refractivity contribution in [1.29, 1.82) is 0 Å². The maximum Gasteiger partial charge on any atom is 0.295 e. The van der Waals surface area contributed by atoms with Crippen LogP contribution in [0.15, 0.2) is 101 Å². The summed E-state index contributed by atoms with van der Waals surface area (Å²) in [4.78, 5) is 46.7. The van der Waals surface area contributed by atoms with E-state index in [4.69, 9.17) is 32.5 Å². The summed E-state index contributed by atoms with van der Waals surface area (Å²) in [6, 6.07) is 21.0. The summed E-state index contributed by atoms with van der Waals surface area (Å²) in [5.74, 6) is -0.804. The van der Waals surface area contributed by atoms with E-state index >= 15 is 0 Å². The van der Waals surface area contributed by atoms with Crippen molar-refractivity contribution in [1.82, 2.24) is 15.1 Å². The van der Waals surface area contributed by atoms with Gasteiger partial charge in [0, 0.05) is 36.8 Å². The van der Waals surface area contributed by atoms with Gasteiger partial charge in [-0.05, 0) is 66.7 Å². The average Bonchev–Trinajstić information content (AvgIpc) is 3.58. The molecule has 11 nitrogen and oxygen atoms in total. The Labute approximate surface area is 263 Å². The first kappa shape index (κ1) is 30.9. The molecule has 228 valence electrons. The number of amides is 3. The zero-order valence-corrected chi connectivity index (χ0v) is 25.4. The summed E-state index contributed by atoms with van der Waals surface area (Å²) >= 11 is 12.2. The summed E-state index contributed by atoms with van der Waals surface area (Å²) in [7, 11) is -4.29. The van der Waals surface area contributed by atoms with Gasteiger partial charge in [0.1, 0.15) is 0 Å². The number of nitrogens with one attached hydrogen (secondary N) is 1. The van der Waals surface area contributed by atoms with Crippen LogP contribution in [0.5, 0.6) is 5.75 Å². The van der Waals surface area contributed by atoms with Gasteiger partial charge in [0.25, 0.3) is 21.8 Å². The first-order valence-electron chi connectivity index (χ1n) is 13.4. The van der Waals surface area contributed by atoms with Gasteiger partial charge < -0.3 is 24.4 Å². The predicted molar refractivity (Wildman–Crippen MR) is 163 cm³/mol. The van der Waals surface area contributed by atoms with Crippen LogP contribution in [-0.4, -0.2) is 68.7 Å². The first-order valence-corrected chi connectivity index (χ1v) is 15.6. The van der Waals surface area contributed by atoms with Gasteiger partial charge in [0.15, 0.2) is 11.5 Å². The molecule has 1 saturated heterocycles. The average molecular weight is 658 g/mol. The van der Waals surface area contributed by atoms with Gasteiger partial charge >= 0.3 is 0 Å². The van der Waals surface area contributed by atoms with Crippen LogP contribution in [0.25, 0.3) is 0 Å². The number of sulfonamides is 1. The van der Waals surface area contributed by atoms with Crippen LogP contribution in [0.3, 0.4) is 0 Å². The minimum Gasteiger partial charge on any atom is -0.459 e. The quantitative estimate of drug-likeness (QED) is 0.263. The van der Waals surface area contributed by atoms with Gasteiger partial charge in [-0.15, -0.1) is 0 Å². The lowest BCUT2D eigenvalue weighted by Gasteiger charge is -2.34. The van der Waals surface area contributed by atoms with Crippen molar-refractivity contribution in [3.63, 3.8) is 0 Å². The minimum absolute atomic E-state index is 0.0645. The Hall–Kier alpha value is -4.52. The molecule has 3 aromatic carbocycles. The van der Waals surface area contributed by atoms with Crippen molar-refractivity contribution < 1.29 is 32.1 Å². The van der Waals surface area contributed by atoms with Gasteiger partial charge in [-0.2, -0.15) is 8.42 Å². The highest BCUT2D eigenvalue weighted by atomic mass is 35.5. The van der Waals surface area contributed by atoms with E-state index < -0.39 is 15.9 Å². The van der Waals surface area contributed by atoms with E-state index in [9.17, 15) is 22.8 Å². The largest absolute Gasteiger partial charge is 0.459 e. The summed E-state index contributed by atoms with van der Waals surface area (Å²) in [6.45, 7) is 1.04. The molecule has 0 bridgehead atoms. The van der Waals surface area contributed by atoms with Crippen LogP contribution in [0, 0.1) is 0 Å². The Bertz CT molecular complexity index is 1740. The number of piperazine rings is 1. The highest BCUT2D eigenvalue weighted by Gasteiger charge is 2.29. The number of carbonyl (C=O) groups is 3. The van der Waals surface area contributed by atoms with Crippen molar-refractivity contribution >= 4 is 56.6 Å². The Balaban J connectivity index is 1.21. The molecule has 0 saturated carbocycles. The number of hydrogen-bond acceptors (Lipinski definition) is 7. The fraction of sp³-hybridized carbons (Fsp3) is 0.167. The second kappa shape index (κ2) is 13.4. The highest BCUT2D eigenvalue weighted by molar-refractivity contribution is 7.92. The third kappa shape index (κ3) is 6.99. The molecule has 3 amide bonds. The van der Waals surface area contributed by atoms with Gasteiger partial charge in [-0.25, -0.2) is 0 Å². The monoisotopic (exact) mass is 656 g/mol. The molecule has 0 aliphatic carbocycles. The molecule has 0 spiro atoms. The van der Waals surface area contributed by atoms with E-state index in [0.717, 1.165) is 4.47 Å². The normalized spacial score (nSPS) is 13.3. The maximum absolute atomic E-state index is 13.7. The zero-order chi connectivity index (χ0) is 31.3. The Morgan fingerprint density at radius 2 is 1.55 bits per heavy atom. The molecule has 1 fully saturated rings. The van der Waals surface area contributed by atoms with Crippen LogP contribution in [0.2, 0.25) is 10.0 Å². The Kier molecular flexibility index (Phi) is 9.43.